The van der Waals surface area contributed by atoms with Gasteiger partial charge in [-0.25, -0.2) is 42.3 Å². The van der Waals surface area contributed by atoms with E-state index < -0.39 is 103 Å². The highest BCUT2D eigenvalue weighted by atomic mass is 31.2. The van der Waals surface area contributed by atoms with Crippen molar-refractivity contribution >= 4 is 55.5 Å². The Balaban J connectivity index is 1.15. The smallest absolute Gasteiger partial charge is 0.465 e. The second-order valence-electron chi connectivity index (χ2n) is 13.6. The van der Waals surface area contributed by atoms with E-state index in [2.05, 4.69) is 30.6 Å². The van der Waals surface area contributed by atoms with Crippen molar-refractivity contribution in [2.24, 2.45) is 0 Å². The normalized spacial score (nSPS) is 25.0. The summed E-state index contributed by atoms with van der Waals surface area (Å²) < 4.78 is 105. The Morgan fingerprint density at radius 3 is 2.31 bits per heavy atom. The summed E-state index contributed by atoms with van der Waals surface area (Å²) >= 11 is 0. The van der Waals surface area contributed by atoms with Crippen LogP contribution in [-0.2, 0) is 46.0 Å². The van der Waals surface area contributed by atoms with Gasteiger partial charge in [-0.15, -0.1) is 5.10 Å². The molecule has 2 aliphatic rings. The molecule has 0 radical (unpaired) electrons. The number of aliphatic hydroxyl groups is 1. The summed E-state index contributed by atoms with van der Waals surface area (Å²) in [6.45, 7) is -3.15. The van der Waals surface area contributed by atoms with Gasteiger partial charge in [0.05, 0.1) is 75.9 Å². The molecule has 3 N–H and O–H groups in total. The fraction of sp³-hybridized carbons (Fsp3) is 0.417. The zero-order valence-electron chi connectivity index (χ0n) is 33.1. The number of hydrogen-bond acceptors (Lipinski definition) is 20. The van der Waals surface area contributed by atoms with Crippen LogP contribution in [0.25, 0.3) is 22.2 Å². The number of alkyl halides is 2. The number of methoxy groups -OCH3 is 1. The van der Waals surface area contributed by atoms with Crippen LogP contribution in [0, 0.1) is 22.7 Å². The number of anilines is 1. The molecule has 2 aliphatic heterocycles. The highest BCUT2D eigenvalue weighted by Gasteiger charge is 2.54. The fourth-order valence-corrected chi connectivity index (χ4v) is 9.01. The van der Waals surface area contributed by atoms with Crippen LogP contribution in [-0.4, -0.2) is 127 Å². The number of carbonyl (C=O) groups is 2. The van der Waals surface area contributed by atoms with E-state index in [4.69, 9.17) is 42.1 Å². The third-order valence-electron chi connectivity index (χ3n) is 9.60. The van der Waals surface area contributed by atoms with Crippen molar-refractivity contribution in [2.75, 3.05) is 38.9 Å². The number of amides is 1. The van der Waals surface area contributed by atoms with Gasteiger partial charge < -0.3 is 29.5 Å². The van der Waals surface area contributed by atoms with Gasteiger partial charge in [0.1, 0.15) is 36.3 Å². The molecule has 5 aromatic rings. The molecule has 0 saturated carbocycles. The second-order valence-corrected chi connectivity index (χ2v) is 16.6. The maximum absolute atomic E-state index is 16.7. The Kier molecular flexibility index (Phi) is 14.4. The number of fused-ring (bicyclic) bond motifs is 2. The topological polar surface area (TPSA) is 317 Å². The summed E-state index contributed by atoms with van der Waals surface area (Å²) in [4.78, 5) is 48.2. The van der Waals surface area contributed by atoms with Gasteiger partial charge in [-0.2, -0.15) is 10.5 Å². The quantitative estimate of drug-likeness (QED) is 0.0604. The molecule has 2 saturated heterocycles. The van der Waals surface area contributed by atoms with Crippen LogP contribution >= 0.6 is 15.6 Å². The molecule has 2 fully saturated rings. The van der Waals surface area contributed by atoms with Gasteiger partial charge in [0.25, 0.3) is 5.91 Å². The zero-order chi connectivity index (χ0) is 45.6. The van der Waals surface area contributed by atoms with Gasteiger partial charge in [0.2, 0.25) is 0 Å². The summed E-state index contributed by atoms with van der Waals surface area (Å²) in [5, 5.41) is 38.7. The molecule has 64 heavy (non-hydrogen) atoms. The van der Waals surface area contributed by atoms with Crippen molar-refractivity contribution in [1.29, 1.82) is 10.5 Å². The zero-order valence-corrected chi connectivity index (χ0v) is 34.9. The van der Waals surface area contributed by atoms with Gasteiger partial charge in [-0.1, -0.05) is 29.5 Å². The van der Waals surface area contributed by atoms with Crippen LogP contribution in [0.4, 0.5) is 14.6 Å². The van der Waals surface area contributed by atoms with E-state index in [-0.39, 0.29) is 52.0 Å². The minimum atomic E-state index is -5.17. The lowest BCUT2D eigenvalue weighted by Gasteiger charge is -2.26. The number of aliphatic hydroxyl groups excluding tert-OH is 1. The number of imidazole rings is 1. The number of carbonyl (C=O) groups excluding carboxylic acids is 2. The predicted molar refractivity (Wildman–Crippen MR) is 209 cm³/mol. The Morgan fingerprint density at radius 2 is 1.59 bits per heavy atom. The largest absolute Gasteiger partial charge is 0.475 e. The molecule has 28 heteroatoms. The van der Waals surface area contributed by atoms with Crippen molar-refractivity contribution in [3.8, 4) is 12.1 Å². The maximum Gasteiger partial charge on any atom is 0.475 e. The Bertz CT molecular complexity index is 2670. The number of ether oxygens (including phenoxy) is 3. The molecule has 5 heterocycles. The van der Waals surface area contributed by atoms with Crippen molar-refractivity contribution in [2.45, 2.75) is 62.1 Å². The molecule has 2 unspecified atom stereocenters. The molecule has 3 aromatic heterocycles. The van der Waals surface area contributed by atoms with Gasteiger partial charge in [0, 0.05) is 5.56 Å². The number of benzene rings is 2. The van der Waals surface area contributed by atoms with Crippen LogP contribution in [0.5, 0.6) is 0 Å². The van der Waals surface area contributed by atoms with Crippen LogP contribution in [0.3, 0.4) is 0 Å². The number of nitriles is 2. The number of rotatable bonds is 19. The molecule has 7 rings (SSSR count). The lowest BCUT2D eigenvalue weighted by molar-refractivity contribution is -0.0603. The third kappa shape index (κ3) is 9.83. The highest BCUT2D eigenvalue weighted by Crippen LogP contribution is 2.55. The molecule has 10 atom stereocenters. The third-order valence-corrected chi connectivity index (χ3v) is 12.1. The van der Waals surface area contributed by atoms with Crippen molar-refractivity contribution < 1.29 is 74.3 Å². The molecule has 0 aliphatic carbocycles. The molecule has 0 spiro atoms. The summed E-state index contributed by atoms with van der Waals surface area (Å²) in [5.74, 6) is -1.37. The average Bonchev–Trinajstić information content (AvgIpc) is 4.07. The number of hydrogen-bond donors (Lipinski definition) is 3. The predicted octanol–water partition coefficient (Wildman–Crippen LogP) is 3.63. The number of esters is 1. The Morgan fingerprint density at radius 1 is 0.891 bits per heavy atom. The van der Waals surface area contributed by atoms with Crippen LogP contribution < -0.4 is 5.32 Å². The molecule has 0 bridgehead atoms. The molecule has 2 aromatic carbocycles. The van der Waals surface area contributed by atoms with Gasteiger partial charge in [-0.05, 0) is 24.3 Å². The lowest BCUT2D eigenvalue weighted by atomic mass is 10.1. The Hall–Kier alpha value is -5.73. The summed E-state index contributed by atoms with van der Waals surface area (Å²) in [6, 6.07) is 15.9. The molecular formula is C36H36F2N10O14P2. The molecular weight excluding hydrogens is 896 g/mol. The fourth-order valence-electron chi connectivity index (χ4n) is 6.67. The molecule has 338 valence electrons. The summed E-state index contributed by atoms with van der Waals surface area (Å²) in [7, 11) is -9.14. The minimum absolute atomic E-state index is 0.00184. The first kappa shape index (κ1) is 46.3. The van der Waals surface area contributed by atoms with Crippen molar-refractivity contribution in [3.05, 3.63) is 72.3 Å². The standard InChI is InChI=1S/C36H36F2N10O14P2/c1-55-36(51)21-10-5-11-22-27(21)45-46-48(22)35-26(38)29(23(16-49)59-35)62-64(54,57-15-7-13-40)58-17-24-30(61-63(52,53)56-14-6-12-39)25(37)34(60-24)47-19-43-28-31(41-18-42-32(28)47)44-33(50)20-8-3-2-4-9-20/h2-5,8-11,18-19,23-26,29-30,34-35,49H,6-7,14-17H2,1H3,(H,52,53)(H,41,42,44,50)/t23-,24-,25-,26-,29-,30-,34-,35-,64?/m1/s1. The van der Waals surface area contributed by atoms with Crippen LogP contribution in [0.1, 0.15) is 46.0 Å². The van der Waals surface area contributed by atoms with E-state index in [9.17, 15) is 34.0 Å². The number of nitrogens with one attached hydrogen (secondary N) is 1. The number of phosphoric acid groups is 2. The Labute approximate surface area is 359 Å². The summed E-state index contributed by atoms with van der Waals surface area (Å²) in [5.41, 5.74) is 0.323. The minimum Gasteiger partial charge on any atom is -0.465 e. The molecule has 24 nitrogen and oxygen atoms in total. The lowest BCUT2D eigenvalue weighted by Crippen LogP contribution is -2.35. The van der Waals surface area contributed by atoms with Gasteiger partial charge >= 0.3 is 21.6 Å². The van der Waals surface area contributed by atoms with E-state index >= 15 is 8.78 Å². The van der Waals surface area contributed by atoms with Crippen LogP contribution in [0.15, 0.2) is 61.2 Å². The van der Waals surface area contributed by atoms with Crippen molar-refractivity contribution in [1.82, 2.24) is 34.5 Å². The maximum atomic E-state index is 16.7. The van der Waals surface area contributed by atoms with E-state index in [1.807, 2.05) is 0 Å². The number of phosphoric ester groups is 2. The monoisotopic (exact) mass is 932 g/mol. The van der Waals surface area contributed by atoms with E-state index in [1.54, 1.807) is 42.5 Å². The second kappa shape index (κ2) is 20.0. The molecule has 1 amide bonds. The van der Waals surface area contributed by atoms with E-state index in [0.29, 0.717) is 0 Å². The first-order valence-corrected chi connectivity index (χ1v) is 21.9. The average molecular weight is 933 g/mol. The van der Waals surface area contributed by atoms with Crippen molar-refractivity contribution in [3.63, 3.8) is 0 Å². The van der Waals surface area contributed by atoms with E-state index in [0.717, 1.165) is 29.0 Å². The summed E-state index contributed by atoms with van der Waals surface area (Å²) in [6.07, 6.45) is -14.1. The van der Waals surface area contributed by atoms with Crippen LogP contribution in [0.2, 0.25) is 0 Å². The first-order valence-electron chi connectivity index (χ1n) is 18.9. The first-order chi connectivity index (χ1) is 30.8. The van der Waals surface area contributed by atoms with Gasteiger partial charge in [0.15, 0.2) is 41.8 Å². The van der Waals surface area contributed by atoms with E-state index in [1.165, 1.54) is 18.2 Å². The number of aromatic nitrogens is 7. The number of nitrogens with zero attached hydrogens (tertiary/aromatic N) is 9. The highest BCUT2D eigenvalue weighted by molar-refractivity contribution is 7.48. The number of halogens is 2. The SMILES string of the molecule is COC(=O)c1cccc2c1nnn2[C@@H]1O[C@H](CO)[C@@H](OP(=O)(OCCC#N)OC[C@H]2O[C@@H](n3cnc4c(NC(=O)c5ccccc5)ncnc43)[C@H](F)[C@@H]2OP(=O)(O)OCCC#N)[C@H]1F. The van der Waals surface area contributed by atoms with Gasteiger partial charge in [-0.3, -0.25) is 32.0 Å².